The Kier molecular flexibility index (Phi) is 47.2. The summed E-state index contributed by atoms with van der Waals surface area (Å²) in [6, 6.07) is -0.747. The minimum Gasteiger partial charge on any atom is -0.458 e. The lowest BCUT2D eigenvalue weighted by atomic mass is 10.0. The van der Waals surface area contributed by atoms with E-state index >= 15 is 0 Å². The Morgan fingerprint density at radius 1 is 0.508 bits per heavy atom. The molecule has 0 aromatic carbocycles. The molecule has 1 amide bonds. The summed E-state index contributed by atoms with van der Waals surface area (Å²) in [6.07, 6.45) is 66.4. The number of carbonyl (C=O) groups excluding carboxylic acids is 2. The highest BCUT2D eigenvalue weighted by Gasteiger charge is 2.23. The van der Waals surface area contributed by atoms with Gasteiger partial charge in [-0.3, -0.25) is 9.59 Å². The Morgan fingerprint density at radius 2 is 0.952 bits per heavy atom. The molecular formula is C57H97NO5. The first-order chi connectivity index (χ1) is 31.0. The Labute approximate surface area is 388 Å². The molecule has 0 aliphatic carbocycles. The van der Waals surface area contributed by atoms with Crippen LogP contribution >= 0.6 is 0 Å². The first kappa shape index (κ1) is 59.8. The summed E-state index contributed by atoms with van der Waals surface area (Å²) in [5, 5.41) is 23.7. The van der Waals surface area contributed by atoms with E-state index in [1.165, 1.54) is 122 Å². The summed E-state index contributed by atoms with van der Waals surface area (Å²) in [4.78, 5) is 26.1. The number of ether oxygens (including phenoxy) is 1. The fourth-order valence-corrected chi connectivity index (χ4v) is 7.37. The minimum atomic E-state index is -0.824. The molecule has 3 unspecified atom stereocenters. The predicted octanol–water partition coefficient (Wildman–Crippen LogP) is 15.7. The molecule has 0 rings (SSSR count). The first-order valence-corrected chi connectivity index (χ1v) is 26.1. The lowest BCUT2D eigenvalue weighted by Crippen LogP contribution is -2.46. The summed E-state index contributed by atoms with van der Waals surface area (Å²) < 4.78 is 5.80. The van der Waals surface area contributed by atoms with Gasteiger partial charge < -0.3 is 20.3 Å². The van der Waals surface area contributed by atoms with Gasteiger partial charge in [-0.2, -0.15) is 0 Å². The highest BCUT2D eigenvalue weighted by atomic mass is 16.5. The Morgan fingerprint density at radius 3 is 1.46 bits per heavy atom. The van der Waals surface area contributed by atoms with E-state index in [9.17, 15) is 19.8 Å². The van der Waals surface area contributed by atoms with Gasteiger partial charge in [-0.15, -0.1) is 0 Å². The normalized spacial score (nSPS) is 14.0. The molecule has 0 aliphatic rings. The molecule has 3 N–H and O–H groups in total. The monoisotopic (exact) mass is 876 g/mol. The largest absolute Gasteiger partial charge is 0.458 e. The number of hydrogen-bond donors (Lipinski definition) is 3. The zero-order chi connectivity index (χ0) is 45.9. The van der Waals surface area contributed by atoms with Crippen LogP contribution in [0, 0.1) is 0 Å². The number of unbranched alkanes of at least 4 members (excludes halogenated alkanes) is 24. The average Bonchev–Trinajstić information content (AvgIpc) is 3.28. The highest BCUT2D eigenvalue weighted by molar-refractivity contribution is 5.78. The fraction of sp³-hybridized carbons (Fsp3) is 0.684. The Hall–Kier alpha value is -3.22. The number of rotatable bonds is 45. The SMILES string of the molecule is CC\C=C/C=C/C=C/C=C\C=C\C=C\CCCCCC(=O)OC(/C=C/C/C=C\CCCCCCCC)CC(=O)NC(CO)C(O)CCCCCCCCCCCCCCCCCC. The van der Waals surface area contributed by atoms with Crippen molar-refractivity contribution in [2.75, 3.05) is 6.61 Å². The maximum Gasteiger partial charge on any atom is 0.306 e. The molecule has 0 heterocycles. The van der Waals surface area contributed by atoms with Crippen molar-refractivity contribution in [3.63, 3.8) is 0 Å². The molecule has 0 saturated heterocycles. The maximum atomic E-state index is 13.2. The van der Waals surface area contributed by atoms with Crippen molar-refractivity contribution in [3.8, 4) is 0 Å². The van der Waals surface area contributed by atoms with Crippen LogP contribution in [0.2, 0.25) is 0 Å². The fourth-order valence-electron chi connectivity index (χ4n) is 7.37. The van der Waals surface area contributed by atoms with E-state index in [0.717, 1.165) is 57.8 Å². The van der Waals surface area contributed by atoms with Crippen molar-refractivity contribution in [3.05, 3.63) is 97.2 Å². The molecule has 6 heteroatoms. The lowest BCUT2D eigenvalue weighted by Gasteiger charge is -2.23. The van der Waals surface area contributed by atoms with Crippen molar-refractivity contribution in [2.45, 2.75) is 244 Å². The van der Waals surface area contributed by atoms with Crippen molar-refractivity contribution >= 4 is 11.9 Å². The smallest absolute Gasteiger partial charge is 0.306 e. The van der Waals surface area contributed by atoms with Gasteiger partial charge in [0, 0.05) is 6.42 Å². The average molecular weight is 876 g/mol. The van der Waals surface area contributed by atoms with E-state index in [0.29, 0.717) is 19.3 Å². The number of aliphatic hydroxyl groups excluding tert-OH is 2. The molecule has 63 heavy (non-hydrogen) atoms. The van der Waals surface area contributed by atoms with Crippen LogP contribution in [-0.4, -0.2) is 46.9 Å². The van der Waals surface area contributed by atoms with Crippen LogP contribution in [0.4, 0.5) is 0 Å². The van der Waals surface area contributed by atoms with Gasteiger partial charge in [0.05, 0.1) is 25.2 Å². The number of hydrogen-bond acceptors (Lipinski definition) is 5. The van der Waals surface area contributed by atoms with Crippen molar-refractivity contribution in [2.24, 2.45) is 0 Å². The summed E-state index contributed by atoms with van der Waals surface area (Å²) in [6.45, 7) is 6.29. The van der Waals surface area contributed by atoms with Gasteiger partial charge in [0.25, 0.3) is 0 Å². The number of esters is 1. The first-order valence-electron chi connectivity index (χ1n) is 26.1. The zero-order valence-electron chi connectivity index (χ0n) is 40.9. The molecule has 0 aromatic heterocycles. The summed E-state index contributed by atoms with van der Waals surface area (Å²) in [5.74, 6) is -0.660. The molecule has 0 bridgehead atoms. The number of carbonyl (C=O) groups is 2. The van der Waals surface area contributed by atoms with Gasteiger partial charge in [-0.1, -0.05) is 253 Å². The van der Waals surface area contributed by atoms with E-state index in [2.05, 4.69) is 50.4 Å². The predicted molar refractivity (Wildman–Crippen MR) is 273 cm³/mol. The molecule has 0 aliphatic heterocycles. The highest BCUT2D eigenvalue weighted by Crippen LogP contribution is 2.16. The molecule has 3 atom stereocenters. The van der Waals surface area contributed by atoms with E-state index in [1.807, 2.05) is 66.8 Å². The van der Waals surface area contributed by atoms with Gasteiger partial charge in [0.1, 0.15) is 6.10 Å². The lowest BCUT2D eigenvalue weighted by molar-refractivity contribution is -0.148. The Bertz CT molecular complexity index is 1260. The zero-order valence-corrected chi connectivity index (χ0v) is 40.9. The quantitative estimate of drug-likeness (QED) is 0.0245. The minimum absolute atomic E-state index is 0.0521. The number of nitrogens with one attached hydrogen (secondary N) is 1. The van der Waals surface area contributed by atoms with E-state index in [-0.39, 0.29) is 24.9 Å². The third-order valence-corrected chi connectivity index (χ3v) is 11.3. The molecule has 0 saturated carbocycles. The van der Waals surface area contributed by atoms with Gasteiger partial charge in [-0.25, -0.2) is 0 Å². The molecular weight excluding hydrogens is 779 g/mol. The third kappa shape index (κ3) is 45.2. The molecule has 0 radical (unpaired) electrons. The maximum absolute atomic E-state index is 13.2. The second-order valence-electron chi connectivity index (χ2n) is 17.3. The van der Waals surface area contributed by atoms with Crippen LogP contribution in [0.1, 0.15) is 226 Å². The van der Waals surface area contributed by atoms with Crippen LogP contribution in [0.3, 0.4) is 0 Å². The molecule has 0 spiro atoms. The van der Waals surface area contributed by atoms with Gasteiger partial charge >= 0.3 is 5.97 Å². The molecule has 360 valence electrons. The number of allylic oxidation sites excluding steroid dienone is 15. The third-order valence-electron chi connectivity index (χ3n) is 11.3. The molecule has 0 aromatic rings. The van der Waals surface area contributed by atoms with Crippen molar-refractivity contribution in [1.82, 2.24) is 5.32 Å². The van der Waals surface area contributed by atoms with E-state index in [1.54, 1.807) is 6.08 Å². The van der Waals surface area contributed by atoms with Crippen LogP contribution in [-0.2, 0) is 14.3 Å². The second kappa shape index (κ2) is 49.8. The molecule has 0 fully saturated rings. The van der Waals surface area contributed by atoms with Gasteiger partial charge in [-0.05, 0) is 57.4 Å². The van der Waals surface area contributed by atoms with Crippen LogP contribution in [0.5, 0.6) is 0 Å². The summed E-state index contributed by atoms with van der Waals surface area (Å²) >= 11 is 0. The number of amides is 1. The number of aliphatic hydroxyl groups is 2. The summed E-state index contributed by atoms with van der Waals surface area (Å²) in [5.41, 5.74) is 0. The second-order valence-corrected chi connectivity index (χ2v) is 17.3. The standard InChI is InChI=1S/C57H97NO5/c1-4-7-10-13-16-19-22-24-26-28-30-32-35-38-41-44-47-50-57(62)63-53(48-45-42-39-36-33-21-18-15-12-9-6-3)51-56(61)58-54(52-59)55(60)49-46-43-40-37-34-31-29-27-25-23-20-17-14-11-8-5-2/h7,10,13,16,19,22,24,26,28,30,32,35-36,39,45,48,53-55,59-60H,4-6,8-9,11-12,14-15,17-18,20-21,23,25,27,29,31,33-34,37-38,40-44,46-47,49-52H2,1-3H3,(H,58,61)/b10-7-,16-13+,22-19+,26-24-,30-28+,35-32+,39-36-,48-45+. The molecule has 6 nitrogen and oxygen atoms in total. The van der Waals surface area contributed by atoms with E-state index < -0.39 is 18.2 Å². The van der Waals surface area contributed by atoms with Gasteiger partial charge in [0.15, 0.2) is 0 Å². The van der Waals surface area contributed by atoms with Crippen LogP contribution < -0.4 is 5.32 Å². The topological polar surface area (TPSA) is 95.9 Å². The van der Waals surface area contributed by atoms with Crippen LogP contribution in [0.25, 0.3) is 0 Å². The Balaban J connectivity index is 4.67. The van der Waals surface area contributed by atoms with Crippen LogP contribution in [0.15, 0.2) is 97.2 Å². The summed E-state index contributed by atoms with van der Waals surface area (Å²) in [7, 11) is 0. The van der Waals surface area contributed by atoms with Crippen molar-refractivity contribution in [1.29, 1.82) is 0 Å². The van der Waals surface area contributed by atoms with Gasteiger partial charge in [0.2, 0.25) is 5.91 Å². The van der Waals surface area contributed by atoms with E-state index in [4.69, 9.17) is 4.74 Å². The van der Waals surface area contributed by atoms with Crippen molar-refractivity contribution < 1.29 is 24.5 Å².